The summed E-state index contributed by atoms with van der Waals surface area (Å²) >= 11 is 0. The fourth-order valence-corrected chi connectivity index (χ4v) is 4.90. The third-order valence-electron chi connectivity index (χ3n) is 7.14. The van der Waals surface area contributed by atoms with E-state index in [-0.39, 0.29) is 17.4 Å². The highest BCUT2D eigenvalue weighted by molar-refractivity contribution is 5.79. The molecule has 2 aromatic heterocycles. The van der Waals surface area contributed by atoms with E-state index in [0.29, 0.717) is 43.2 Å². The topological polar surface area (TPSA) is 80.1 Å². The van der Waals surface area contributed by atoms with Crippen LogP contribution >= 0.6 is 0 Å². The van der Waals surface area contributed by atoms with Crippen molar-refractivity contribution in [2.45, 2.75) is 46.2 Å². The molecule has 1 fully saturated rings. The van der Waals surface area contributed by atoms with Gasteiger partial charge in [-0.3, -0.25) is 14.2 Å². The van der Waals surface area contributed by atoms with E-state index in [1.54, 1.807) is 10.8 Å². The summed E-state index contributed by atoms with van der Waals surface area (Å²) in [4.78, 5) is 37.9. The maximum absolute atomic E-state index is 13.7. The van der Waals surface area contributed by atoms with Gasteiger partial charge in [-0.25, -0.2) is 9.97 Å². The fraction of sp³-hybridized carbons (Fsp3) is 0.333. The highest BCUT2D eigenvalue weighted by Crippen LogP contribution is 2.22. The molecule has 0 aliphatic carbocycles. The van der Waals surface area contributed by atoms with Crippen LogP contribution in [0.2, 0.25) is 0 Å². The molecule has 3 heterocycles. The molecule has 1 aliphatic heterocycles. The average molecular weight is 496 g/mol. The number of anilines is 1. The summed E-state index contributed by atoms with van der Waals surface area (Å²) in [6.07, 6.45) is 4.30. The molecule has 7 nitrogen and oxygen atoms in total. The second-order valence-electron chi connectivity index (χ2n) is 9.83. The van der Waals surface area contributed by atoms with Crippen LogP contribution in [0.25, 0.3) is 11.2 Å². The highest BCUT2D eigenvalue weighted by atomic mass is 16.2. The Morgan fingerprint density at radius 2 is 1.76 bits per heavy atom. The van der Waals surface area contributed by atoms with Gasteiger partial charge in [-0.15, -0.1) is 0 Å². The van der Waals surface area contributed by atoms with Crippen LogP contribution in [-0.4, -0.2) is 33.5 Å². The highest BCUT2D eigenvalue weighted by Gasteiger charge is 2.28. The summed E-state index contributed by atoms with van der Waals surface area (Å²) in [5.74, 6) is 0.215. The summed E-state index contributed by atoms with van der Waals surface area (Å²) in [5.41, 5.74) is 5.63. The van der Waals surface area contributed by atoms with Gasteiger partial charge in [0.2, 0.25) is 5.91 Å². The first-order valence-electron chi connectivity index (χ1n) is 13.0. The number of amides is 1. The molecule has 1 atom stereocenters. The van der Waals surface area contributed by atoms with Crippen molar-refractivity contribution in [2.24, 2.45) is 5.92 Å². The Hall–Kier alpha value is -4.00. The number of benzene rings is 2. The van der Waals surface area contributed by atoms with E-state index in [1.165, 1.54) is 11.1 Å². The molecule has 1 saturated heterocycles. The Balaban J connectivity index is 1.36. The molecule has 1 aliphatic rings. The molecule has 2 aromatic carbocycles. The van der Waals surface area contributed by atoms with Crippen LogP contribution in [0, 0.1) is 12.8 Å². The summed E-state index contributed by atoms with van der Waals surface area (Å²) in [6.45, 7) is 6.26. The van der Waals surface area contributed by atoms with Gasteiger partial charge in [0.25, 0.3) is 5.56 Å². The van der Waals surface area contributed by atoms with Gasteiger partial charge in [0.15, 0.2) is 11.5 Å². The van der Waals surface area contributed by atoms with Crippen LogP contribution in [0.3, 0.4) is 0 Å². The molecular formula is C30H33N5O2. The zero-order valence-corrected chi connectivity index (χ0v) is 21.5. The van der Waals surface area contributed by atoms with Gasteiger partial charge >= 0.3 is 0 Å². The molecule has 0 radical (unpaired) electrons. The van der Waals surface area contributed by atoms with Crippen molar-refractivity contribution in [1.82, 2.24) is 19.9 Å². The van der Waals surface area contributed by atoms with E-state index in [0.717, 1.165) is 30.4 Å². The molecule has 1 N–H and O–H groups in total. The standard InChI is InChI=1S/C30H33N5O2/c1-3-22-12-14-23(15-13-22)18-32-29(36)25-6-5-17-34(20-25)28-30(37)35(19-24-10-8-21(2)9-11-24)27-26(33-28)7-4-16-31-27/h4,7-16,25H,3,5-6,17-20H2,1-2H3,(H,32,36). The van der Waals surface area contributed by atoms with Crippen LogP contribution in [0.4, 0.5) is 5.82 Å². The predicted octanol–water partition coefficient (Wildman–Crippen LogP) is 4.24. The maximum atomic E-state index is 13.7. The summed E-state index contributed by atoms with van der Waals surface area (Å²) in [7, 11) is 0. The first-order chi connectivity index (χ1) is 18.0. The first kappa shape index (κ1) is 24.7. The maximum Gasteiger partial charge on any atom is 0.295 e. The van der Waals surface area contributed by atoms with Crippen molar-refractivity contribution in [3.05, 3.63) is 99.5 Å². The molecule has 7 heteroatoms. The number of aromatic nitrogens is 3. The summed E-state index contributed by atoms with van der Waals surface area (Å²) in [6, 6.07) is 20.2. The van der Waals surface area contributed by atoms with Crippen molar-refractivity contribution >= 4 is 22.9 Å². The van der Waals surface area contributed by atoms with Crippen molar-refractivity contribution in [1.29, 1.82) is 0 Å². The molecule has 0 bridgehead atoms. The molecule has 1 amide bonds. The van der Waals surface area contributed by atoms with E-state index in [9.17, 15) is 9.59 Å². The van der Waals surface area contributed by atoms with Crippen LogP contribution < -0.4 is 15.8 Å². The number of hydrogen-bond donors (Lipinski definition) is 1. The molecule has 4 aromatic rings. The van der Waals surface area contributed by atoms with E-state index < -0.39 is 0 Å². The van der Waals surface area contributed by atoms with E-state index >= 15 is 0 Å². The number of nitrogens with zero attached hydrogens (tertiary/aromatic N) is 4. The molecule has 190 valence electrons. The largest absolute Gasteiger partial charge is 0.352 e. The number of carbonyl (C=O) groups excluding carboxylic acids is 1. The number of piperidine rings is 1. The second kappa shape index (κ2) is 10.9. The Labute approximate surface area is 217 Å². The zero-order chi connectivity index (χ0) is 25.8. The fourth-order valence-electron chi connectivity index (χ4n) is 4.90. The Morgan fingerprint density at radius 1 is 1.03 bits per heavy atom. The molecular weight excluding hydrogens is 462 g/mol. The Bertz CT molecular complexity index is 1440. The normalized spacial score (nSPS) is 15.6. The molecule has 0 spiro atoms. The van der Waals surface area contributed by atoms with E-state index in [4.69, 9.17) is 4.98 Å². The smallest absolute Gasteiger partial charge is 0.295 e. The van der Waals surface area contributed by atoms with Gasteiger partial charge in [-0.1, -0.05) is 61.0 Å². The SMILES string of the molecule is CCc1ccc(CNC(=O)C2CCCN(c3nc4cccnc4n(Cc4ccc(C)cc4)c3=O)C2)cc1. The number of hydrogen-bond acceptors (Lipinski definition) is 5. The molecule has 5 rings (SSSR count). The second-order valence-corrected chi connectivity index (χ2v) is 9.83. The van der Waals surface area contributed by atoms with Crippen LogP contribution in [-0.2, 0) is 24.3 Å². The van der Waals surface area contributed by atoms with Crippen LogP contribution in [0.15, 0.2) is 71.7 Å². The van der Waals surface area contributed by atoms with Gasteiger partial charge in [-0.2, -0.15) is 0 Å². The van der Waals surface area contributed by atoms with Crippen LogP contribution in [0.1, 0.15) is 42.0 Å². The minimum Gasteiger partial charge on any atom is -0.352 e. The van der Waals surface area contributed by atoms with Crippen molar-refractivity contribution in [3.63, 3.8) is 0 Å². The quantitative estimate of drug-likeness (QED) is 0.415. The zero-order valence-electron chi connectivity index (χ0n) is 21.5. The first-order valence-corrected chi connectivity index (χ1v) is 13.0. The lowest BCUT2D eigenvalue weighted by molar-refractivity contribution is -0.125. The van der Waals surface area contributed by atoms with Gasteiger partial charge in [0.05, 0.1) is 12.5 Å². The summed E-state index contributed by atoms with van der Waals surface area (Å²) in [5, 5.41) is 3.09. The lowest BCUT2D eigenvalue weighted by Gasteiger charge is -2.32. The number of rotatable bonds is 7. The van der Waals surface area contributed by atoms with Crippen molar-refractivity contribution in [3.8, 4) is 0 Å². The van der Waals surface area contributed by atoms with Gasteiger partial charge < -0.3 is 10.2 Å². The molecule has 1 unspecified atom stereocenters. The Kier molecular flexibility index (Phi) is 7.30. The van der Waals surface area contributed by atoms with Gasteiger partial charge in [0, 0.05) is 25.8 Å². The van der Waals surface area contributed by atoms with Crippen molar-refractivity contribution in [2.75, 3.05) is 18.0 Å². The Morgan fingerprint density at radius 3 is 2.51 bits per heavy atom. The lowest BCUT2D eigenvalue weighted by atomic mass is 9.97. The summed E-state index contributed by atoms with van der Waals surface area (Å²) < 4.78 is 1.70. The number of pyridine rings is 1. The minimum absolute atomic E-state index is 0.0201. The number of carbonyl (C=O) groups is 1. The average Bonchev–Trinajstić information content (AvgIpc) is 2.94. The number of nitrogens with one attached hydrogen (secondary N) is 1. The van der Waals surface area contributed by atoms with Gasteiger partial charge in [-0.05, 0) is 55.0 Å². The third kappa shape index (κ3) is 5.56. The monoisotopic (exact) mass is 495 g/mol. The number of aryl methyl sites for hydroxylation is 2. The van der Waals surface area contributed by atoms with Crippen LogP contribution in [0.5, 0.6) is 0 Å². The lowest BCUT2D eigenvalue weighted by Crippen LogP contribution is -2.45. The molecule has 37 heavy (non-hydrogen) atoms. The number of fused-ring (bicyclic) bond motifs is 1. The third-order valence-corrected chi connectivity index (χ3v) is 7.14. The minimum atomic E-state index is -0.194. The van der Waals surface area contributed by atoms with E-state index in [2.05, 4.69) is 41.5 Å². The predicted molar refractivity (Wildman–Crippen MR) is 147 cm³/mol. The van der Waals surface area contributed by atoms with Gasteiger partial charge in [0.1, 0.15) is 5.52 Å². The van der Waals surface area contributed by atoms with E-state index in [1.807, 2.05) is 48.2 Å². The molecule has 0 saturated carbocycles. The van der Waals surface area contributed by atoms with Crippen molar-refractivity contribution < 1.29 is 4.79 Å².